The number of hydrogen-bond donors (Lipinski definition) is 4. The zero-order valence-corrected chi connectivity index (χ0v) is 17.5. The third kappa shape index (κ3) is 8.67. The molecular formula is C19H36N4O4S. The van der Waals surface area contributed by atoms with Crippen molar-refractivity contribution in [1.29, 1.82) is 0 Å². The zero-order chi connectivity index (χ0) is 20.0. The van der Waals surface area contributed by atoms with Crippen LogP contribution in [0.25, 0.3) is 0 Å². The number of nitrogens with zero attached hydrogens (tertiary/aromatic N) is 2. The molecule has 1 aliphatic rings. The molecule has 1 fully saturated rings. The SMILES string of the molecule is NCCCCCCCCCCCOC[C@H]1OC[C@@H](Nc2ncns2)[C@@H](O)[C@H]1O. The number of nitrogens with one attached hydrogen (secondary N) is 1. The van der Waals surface area contributed by atoms with Crippen LogP contribution in [0.4, 0.5) is 5.13 Å². The van der Waals surface area contributed by atoms with Crippen LogP contribution in [0.3, 0.4) is 0 Å². The number of anilines is 1. The summed E-state index contributed by atoms with van der Waals surface area (Å²) in [5, 5.41) is 24.2. The number of aliphatic hydroxyl groups excluding tert-OH is 2. The fourth-order valence-electron chi connectivity index (χ4n) is 3.34. The van der Waals surface area contributed by atoms with Gasteiger partial charge < -0.3 is 30.7 Å². The van der Waals surface area contributed by atoms with Gasteiger partial charge in [-0.3, -0.25) is 0 Å². The Morgan fingerprint density at radius 3 is 2.39 bits per heavy atom. The summed E-state index contributed by atoms with van der Waals surface area (Å²) in [6.45, 7) is 2.05. The van der Waals surface area contributed by atoms with E-state index in [0.29, 0.717) is 18.3 Å². The average Bonchev–Trinajstić information content (AvgIpc) is 3.21. The Morgan fingerprint density at radius 2 is 1.75 bits per heavy atom. The van der Waals surface area contributed by atoms with E-state index in [1.165, 1.54) is 56.4 Å². The fraction of sp³-hybridized carbons (Fsp3) is 0.895. The van der Waals surface area contributed by atoms with Gasteiger partial charge in [-0.25, -0.2) is 4.98 Å². The molecule has 8 nitrogen and oxygen atoms in total. The van der Waals surface area contributed by atoms with E-state index in [9.17, 15) is 10.2 Å². The maximum atomic E-state index is 10.3. The molecule has 0 aliphatic carbocycles. The first-order valence-corrected chi connectivity index (χ1v) is 11.3. The van der Waals surface area contributed by atoms with Crippen LogP contribution >= 0.6 is 11.5 Å². The van der Waals surface area contributed by atoms with Gasteiger partial charge in [-0.1, -0.05) is 44.9 Å². The largest absolute Gasteiger partial charge is 0.388 e. The third-order valence-electron chi connectivity index (χ3n) is 5.08. The van der Waals surface area contributed by atoms with E-state index in [0.717, 1.165) is 25.8 Å². The number of hydrogen-bond acceptors (Lipinski definition) is 9. The van der Waals surface area contributed by atoms with Crippen molar-refractivity contribution in [3.63, 3.8) is 0 Å². The Balaban J connectivity index is 1.46. The highest BCUT2D eigenvalue weighted by Crippen LogP contribution is 2.20. The molecule has 162 valence electrons. The van der Waals surface area contributed by atoms with Crippen molar-refractivity contribution in [1.82, 2.24) is 9.36 Å². The Labute approximate surface area is 172 Å². The summed E-state index contributed by atoms with van der Waals surface area (Å²) >= 11 is 1.20. The van der Waals surface area contributed by atoms with Crippen LogP contribution in [0.5, 0.6) is 0 Å². The van der Waals surface area contributed by atoms with E-state index in [1.54, 1.807) is 0 Å². The van der Waals surface area contributed by atoms with E-state index in [4.69, 9.17) is 15.2 Å². The fourth-order valence-corrected chi connectivity index (χ4v) is 3.83. The lowest BCUT2D eigenvalue weighted by molar-refractivity contribution is -0.159. The Kier molecular flexibility index (Phi) is 11.9. The van der Waals surface area contributed by atoms with Gasteiger partial charge in [-0.05, 0) is 19.4 Å². The van der Waals surface area contributed by atoms with E-state index in [-0.39, 0.29) is 6.61 Å². The number of aliphatic hydroxyl groups is 2. The van der Waals surface area contributed by atoms with Crippen molar-refractivity contribution < 1.29 is 19.7 Å². The van der Waals surface area contributed by atoms with Crippen LogP contribution in [0.1, 0.15) is 57.8 Å². The van der Waals surface area contributed by atoms with Gasteiger partial charge in [-0.2, -0.15) is 4.37 Å². The second kappa shape index (κ2) is 14.2. The molecule has 1 aliphatic heterocycles. The lowest BCUT2D eigenvalue weighted by atomic mass is 9.98. The van der Waals surface area contributed by atoms with Crippen LogP contribution in [-0.2, 0) is 9.47 Å². The monoisotopic (exact) mass is 416 g/mol. The van der Waals surface area contributed by atoms with E-state index >= 15 is 0 Å². The maximum absolute atomic E-state index is 10.3. The van der Waals surface area contributed by atoms with E-state index in [2.05, 4.69) is 14.7 Å². The highest BCUT2D eigenvalue weighted by atomic mass is 32.1. The molecule has 1 aromatic rings. The molecule has 1 saturated heterocycles. The predicted molar refractivity (Wildman–Crippen MR) is 110 cm³/mol. The van der Waals surface area contributed by atoms with E-state index < -0.39 is 24.4 Å². The van der Waals surface area contributed by atoms with Crippen molar-refractivity contribution in [2.75, 3.05) is 31.7 Å². The first-order valence-electron chi connectivity index (χ1n) is 10.5. The van der Waals surface area contributed by atoms with Gasteiger partial charge in [0.05, 0.1) is 19.3 Å². The van der Waals surface area contributed by atoms with Gasteiger partial charge in [-0.15, -0.1) is 0 Å². The molecule has 0 amide bonds. The molecule has 4 atom stereocenters. The molecule has 28 heavy (non-hydrogen) atoms. The minimum absolute atomic E-state index is 0.289. The Morgan fingerprint density at radius 1 is 1.07 bits per heavy atom. The van der Waals surface area contributed by atoms with Gasteiger partial charge in [0.2, 0.25) is 5.13 Å². The predicted octanol–water partition coefficient (Wildman–Crippen LogP) is 1.93. The number of nitrogens with two attached hydrogens (primary N) is 1. The van der Waals surface area contributed by atoms with Crippen molar-refractivity contribution >= 4 is 16.7 Å². The molecule has 0 radical (unpaired) electrons. The molecule has 0 bridgehead atoms. The molecule has 0 spiro atoms. The Bertz CT molecular complexity index is 494. The van der Waals surface area contributed by atoms with Gasteiger partial charge in [0.25, 0.3) is 0 Å². The summed E-state index contributed by atoms with van der Waals surface area (Å²) in [6, 6.07) is -0.408. The van der Waals surface area contributed by atoms with Crippen molar-refractivity contribution in [3.05, 3.63) is 6.33 Å². The molecule has 0 saturated carbocycles. The number of ether oxygens (including phenoxy) is 2. The van der Waals surface area contributed by atoms with Gasteiger partial charge >= 0.3 is 0 Å². The summed E-state index contributed by atoms with van der Waals surface area (Å²) in [5.41, 5.74) is 5.49. The molecule has 1 aromatic heterocycles. The molecule has 9 heteroatoms. The molecule has 0 unspecified atom stereocenters. The summed E-state index contributed by atoms with van der Waals surface area (Å²) in [5.74, 6) is 0. The maximum Gasteiger partial charge on any atom is 0.202 e. The number of rotatable bonds is 15. The van der Waals surface area contributed by atoms with Crippen LogP contribution in [0.15, 0.2) is 6.33 Å². The minimum atomic E-state index is -0.988. The van der Waals surface area contributed by atoms with Gasteiger partial charge in [0.15, 0.2) is 0 Å². The van der Waals surface area contributed by atoms with Crippen molar-refractivity contribution in [2.24, 2.45) is 5.73 Å². The molecule has 2 rings (SSSR count). The van der Waals surface area contributed by atoms with Crippen LogP contribution in [-0.4, -0.2) is 70.3 Å². The highest BCUT2D eigenvalue weighted by Gasteiger charge is 2.38. The minimum Gasteiger partial charge on any atom is -0.388 e. The van der Waals surface area contributed by atoms with Crippen LogP contribution < -0.4 is 11.1 Å². The van der Waals surface area contributed by atoms with Gasteiger partial charge in [0.1, 0.15) is 24.6 Å². The zero-order valence-electron chi connectivity index (χ0n) is 16.7. The smallest absolute Gasteiger partial charge is 0.202 e. The first-order chi connectivity index (χ1) is 13.7. The lowest BCUT2D eigenvalue weighted by Gasteiger charge is -2.37. The van der Waals surface area contributed by atoms with Crippen molar-refractivity contribution in [2.45, 2.75) is 82.1 Å². The highest BCUT2D eigenvalue weighted by molar-refractivity contribution is 7.09. The lowest BCUT2D eigenvalue weighted by Crippen LogP contribution is -2.56. The van der Waals surface area contributed by atoms with E-state index in [1.807, 2.05) is 0 Å². The van der Waals surface area contributed by atoms with Gasteiger partial charge in [0, 0.05) is 18.1 Å². The number of unbranched alkanes of at least 4 members (excludes halogenated alkanes) is 8. The third-order valence-corrected chi connectivity index (χ3v) is 5.67. The summed E-state index contributed by atoms with van der Waals surface area (Å²) in [6.07, 6.45) is 10.0. The second-order valence-electron chi connectivity index (χ2n) is 7.40. The second-order valence-corrected chi connectivity index (χ2v) is 8.18. The Hall–Kier alpha value is -0.840. The summed E-state index contributed by atoms with van der Waals surface area (Å²) < 4.78 is 15.2. The first kappa shape index (κ1) is 23.4. The van der Waals surface area contributed by atoms with Crippen molar-refractivity contribution in [3.8, 4) is 0 Å². The normalized spacial score (nSPS) is 25.1. The quantitative estimate of drug-likeness (QED) is 0.320. The van der Waals surface area contributed by atoms with Crippen LogP contribution in [0.2, 0.25) is 0 Å². The average molecular weight is 417 g/mol. The topological polar surface area (TPSA) is 123 Å². The summed E-state index contributed by atoms with van der Waals surface area (Å²) in [7, 11) is 0. The molecule has 0 aromatic carbocycles. The molecular weight excluding hydrogens is 380 g/mol. The molecule has 5 N–H and O–H groups in total. The summed E-state index contributed by atoms with van der Waals surface area (Å²) in [4.78, 5) is 4.02. The number of aromatic nitrogens is 2. The van der Waals surface area contributed by atoms with Crippen LogP contribution in [0, 0.1) is 0 Å². The standard InChI is InChI=1S/C19H36N4O4S/c20-10-8-6-4-2-1-3-5-7-9-11-26-13-16-18(25)17(24)15(12-27-16)23-19-21-14-22-28-19/h14-18,24-25H,1-13,20H2,(H,21,22,23)/t15-,16-,17-,18+/m1/s1. The molecule has 2 heterocycles.